The van der Waals surface area contributed by atoms with Gasteiger partial charge in [0.25, 0.3) is 5.91 Å². The number of nitrogens with one attached hydrogen (secondary N) is 1. The lowest BCUT2D eigenvalue weighted by atomic mass is 10.1. The number of pyridine rings is 1. The van der Waals surface area contributed by atoms with Crippen molar-refractivity contribution in [2.75, 3.05) is 11.1 Å². The first kappa shape index (κ1) is 12.1. The molecule has 1 heterocycles. The van der Waals surface area contributed by atoms with Crippen LogP contribution in [0.3, 0.4) is 0 Å². The molecule has 1 amide bonds. The lowest BCUT2D eigenvalue weighted by molar-refractivity contribution is 0.102. The van der Waals surface area contributed by atoms with E-state index in [2.05, 4.69) is 10.3 Å². The van der Waals surface area contributed by atoms with E-state index in [0.29, 0.717) is 17.1 Å². The Bertz CT molecular complexity index is 593. The minimum absolute atomic E-state index is 0.171. The van der Waals surface area contributed by atoms with Crippen LogP contribution in [0.4, 0.5) is 11.5 Å². The van der Waals surface area contributed by atoms with Gasteiger partial charge < -0.3 is 11.1 Å². The topological polar surface area (TPSA) is 68.0 Å². The Kier molecular flexibility index (Phi) is 3.28. The third-order valence-corrected chi connectivity index (χ3v) is 2.67. The third kappa shape index (κ3) is 2.66. The molecule has 0 spiro atoms. The molecule has 1 aromatic carbocycles. The van der Waals surface area contributed by atoms with Crippen molar-refractivity contribution in [3.8, 4) is 0 Å². The van der Waals surface area contributed by atoms with Crippen LogP contribution in [0.5, 0.6) is 0 Å². The number of rotatable bonds is 2. The molecule has 4 heteroatoms. The van der Waals surface area contributed by atoms with Gasteiger partial charge in [0.2, 0.25) is 0 Å². The van der Waals surface area contributed by atoms with Crippen molar-refractivity contribution in [3.05, 3.63) is 53.2 Å². The van der Waals surface area contributed by atoms with E-state index >= 15 is 0 Å². The molecule has 0 saturated carbocycles. The second-order valence-electron chi connectivity index (χ2n) is 4.25. The summed E-state index contributed by atoms with van der Waals surface area (Å²) in [4.78, 5) is 16.1. The Morgan fingerprint density at radius 1 is 1.28 bits per heavy atom. The number of hydrogen-bond acceptors (Lipinski definition) is 3. The minimum Gasteiger partial charge on any atom is -0.397 e. The van der Waals surface area contributed by atoms with Crippen molar-refractivity contribution in [1.29, 1.82) is 0 Å². The van der Waals surface area contributed by atoms with Gasteiger partial charge >= 0.3 is 0 Å². The predicted octanol–water partition coefficient (Wildman–Crippen LogP) is 2.53. The molecule has 0 atom stereocenters. The van der Waals surface area contributed by atoms with Gasteiger partial charge in [-0.05, 0) is 37.6 Å². The summed E-state index contributed by atoms with van der Waals surface area (Å²) < 4.78 is 0. The van der Waals surface area contributed by atoms with Crippen LogP contribution in [0.1, 0.15) is 21.5 Å². The molecule has 0 unspecified atom stereocenters. The quantitative estimate of drug-likeness (QED) is 0.849. The second-order valence-corrected chi connectivity index (χ2v) is 4.25. The second kappa shape index (κ2) is 4.87. The molecular weight excluding hydrogens is 226 g/mol. The van der Waals surface area contributed by atoms with Gasteiger partial charge in [-0.3, -0.25) is 4.79 Å². The standard InChI is InChI=1S/C14H15N3O/c1-9-4-3-5-11(6-9)14(18)17-13-7-10(2)12(15)8-16-13/h3-8H,15H2,1-2H3,(H,16,17,18). The van der Waals surface area contributed by atoms with E-state index < -0.39 is 0 Å². The van der Waals surface area contributed by atoms with Crippen molar-refractivity contribution in [2.45, 2.75) is 13.8 Å². The van der Waals surface area contributed by atoms with Gasteiger partial charge in [-0.2, -0.15) is 0 Å². The van der Waals surface area contributed by atoms with Crippen LogP contribution in [0, 0.1) is 13.8 Å². The Labute approximate surface area is 106 Å². The van der Waals surface area contributed by atoms with E-state index in [0.717, 1.165) is 11.1 Å². The van der Waals surface area contributed by atoms with Gasteiger partial charge in [-0.1, -0.05) is 17.7 Å². The van der Waals surface area contributed by atoms with Crippen molar-refractivity contribution < 1.29 is 4.79 Å². The number of aromatic nitrogens is 1. The summed E-state index contributed by atoms with van der Waals surface area (Å²) in [5.74, 6) is 0.337. The average molecular weight is 241 g/mol. The number of carbonyl (C=O) groups excluding carboxylic acids is 1. The first-order chi connectivity index (χ1) is 8.56. The zero-order valence-corrected chi connectivity index (χ0v) is 10.4. The third-order valence-electron chi connectivity index (χ3n) is 2.67. The fourth-order valence-corrected chi connectivity index (χ4v) is 1.61. The number of carbonyl (C=O) groups is 1. The highest BCUT2D eigenvalue weighted by atomic mass is 16.1. The highest BCUT2D eigenvalue weighted by Crippen LogP contribution is 2.14. The first-order valence-electron chi connectivity index (χ1n) is 5.66. The molecule has 0 bridgehead atoms. The van der Waals surface area contributed by atoms with Crippen LogP contribution in [-0.4, -0.2) is 10.9 Å². The average Bonchev–Trinajstić information content (AvgIpc) is 2.34. The maximum absolute atomic E-state index is 12.0. The summed E-state index contributed by atoms with van der Waals surface area (Å²) in [6, 6.07) is 9.16. The predicted molar refractivity (Wildman–Crippen MR) is 72.5 cm³/mol. The Hall–Kier alpha value is -2.36. The van der Waals surface area contributed by atoms with Gasteiger partial charge in [-0.25, -0.2) is 4.98 Å². The van der Waals surface area contributed by atoms with Crippen molar-refractivity contribution in [1.82, 2.24) is 4.98 Å². The molecule has 4 nitrogen and oxygen atoms in total. The number of nitrogens with zero attached hydrogens (tertiary/aromatic N) is 1. The van der Waals surface area contributed by atoms with Crippen LogP contribution >= 0.6 is 0 Å². The number of amides is 1. The summed E-state index contributed by atoms with van der Waals surface area (Å²) in [7, 11) is 0. The molecule has 2 aromatic rings. The van der Waals surface area contributed by atoms with Crippen LogP contribution in [-0.2, 0) is 0 Å². The maximum Gasteiger partial charge on any atom is 0.256 e. The van der Waals surface area contributed by atoms with Crippen molar-refractivity contribution in [2.24, 2.45) is 0 Å². The maximum atomic E-state index is 12.0. The molecule has 2 rings (SSSR count). The van der Waals surface area contributed by atoms with Gasteiger partial charge in [-0.15, -0.1) is 0 Å². The highest BCUT2D eigenvalue weighted by molar-refractivity contribution is 6.03. The molecule has 18 heavy (non-hydrogen) atoms. The highest BCUT2D eigenvalue weighted by Gasteiger charge is 2.07. The van der Waals surface area contributed by atoms with E-state index in [9.17, 15) is 4.79 Å². The Morgan fingerprint density at radius 2 is 2.06 bits per heavy atom. The van der Waals surface area contributed by atoms with E-state index in [-0.39, 0.29) is 5.91 Å². The van der Waals surface area contributed by atoms with Crippen molar-refractivity contribution >= 4 is 17.4 Å². The van der Waals surface area contributed by atoms with E-state index in [1.54, 1.807) is 18.3 Å². The van der Waals surface area contributed by atoms with Crippen LogP contribution in [0.15, 0.2) is 36.5 Å². The Balaban J connectivity index is 2.18. The molecule has 0 fully saturated rings. The van der Waals surface area contributed by atoms with E-state index in [4.69, 9.17) is 5.73 Å². The normalized spacial score (nSPS) is 10.1. The largest absolute Gasteiger partial charge is 0.397 e. The summed E-state index contributed by atoms with van der Waals surface area (Å²) in [5, 5.41) is 2.75. The SMILES string of the molecule is Cc1cccc(C(=O)Nc2cc(C)c(N)cn2)c1. The summed E-state index contributed by atoms with van der Waals surface area (Å²) in [6.45, 7) is 3.82. The van der Waals surface area contributed by atoms with Gasteiger partial charge in [0.15, 0.2) is 0 Å². The summed E-state index contributed by atoms with van der Waals surface area (Å²) in [6.07, 6.45) is 1.54. The smallest absolute Gasteiger partial charge is 0.256 e. The fraction of sp³-hybridized carbons (Fsp3) is 0.143. The minimum atomic E-state index is -0.171. The van der Waals surface area contributed by atoms with Crippen LogP contribution < -0.4 is 11.1 Å². The number of aryl methyl sites for hydroxylation is 2. The molecule has 0 radical (unpaired) electrons. The number of nitrogens with two attached hydrogens (primary N) is 1. The lowest BCUT2D eigenvalue weighted by Gasteiger charge is -2.07. The van der Waals surface area contributed by atoms with Crippen molar-refractivity contribution in [3.63, 3.8) is 0 Å². The van der Waals surface area contributed by atoms with E-state index in [1.165, 1.54) is 0 Å². The van der Waals surface area contributed by atoms with E-state index in [1.807, 2.05) is 32.0 Å². The summed E-state index contributed by atoms with van der Waals surface area (Å²) >= 11 is 0. The molecule has 0 aliphatic carbocycles. The zero-order valence-electron chi connectivity index (χ0n) is 10.4. The fourth-order valence-electron chi connectivity index (χ4n) is 1.61. The monoisotopic (exact) mass is 241 g/mol. The first-order valence-corrected chi connectivity index (χ1v) is 5.66. The van der Waals surface area contributed by atoms with Crippen LogP contribution in [0.2, 0.25) is 0 Å². The molecule has 0 aliphatic heterocycles. The Morgan fingerprint density at radius 3 is 2.72 bits per heavy atom. The molecule has 1 aromatic heterocycles. The van der Waals surface area contributed by atoms with Gasteiger partial charge in [0, 0.05) is 5.56 Å². The molecule has 0 aliphatic rings. The summed E-state index contributed by atoms with van der Waals surface area (Å²) in [5.41, 5.74) is 8.85. The number of nitrogen functional groups attached to an aromatic ring is 1. The molecule has 3 N–H and O–H groups in total. The van der Waals surface area contributed by atoms with Gasteiger partial charge in [0.05, 0.1) is 11.9 Å². The molecule has 92 valence electrons. The lowest BCUT2D eigenvalue weighted by Crippen LogP contribution is -2.13. The van der Waals surface area contributed by atoms with Crippen LogP contribution in [0.25, 0.3) is 0 Å². The number of hydrogen-bond donors (Lipinski definition) is 2. The molecular formula is C14H15N3O. The molecule has 0 saturated heterocycles. The number of benzene rings is 1. The number of anilines is 2. The van der Waals surface area contributed by atoms with Gasteiger partial charge in [0.1, 0.15) is 5.82 Å². The zero-order chi connectivity index (χ0) is 13.1.